The monoisotopic (exact) mass is 319 g/mol. The molecule has 128 valence electrons. The van der Waals surface area contributed by atoms with Crippen LogP contribution in [0.25, 0.3) is 0 Å². The zero-order valence-electron chi connectivity index (χ0n) is 14.9. The second-order valence-electron chi connectivity index (χ2n) is 5.84. The standard InChI is InChI=1S/C17H29N5O/c1-6-18-17(20-12-16(23)22(4)5)19-11-14-9-7-8-10-15(14)13-21(2)3/h7-10H,6,11-13H2,1-5H3,(H2,18,19,20). The molecule has 0 atom stereocenters. The molecule has 0 aliphatic heterocycles. The minimum atomic E-state index is 0.0172. The lowest BCUT2D eigenvalue weighted by Gasteiger charge is -2.15. The van der Waals surface area contributed by atoms with E-state index in [-0.39, 0.29) is 12.5 Å². The Hall–Kier alpha value is -2.08. The number of hydrogen-bond donors (Lipinski definition) is 2. The van der Waals surface area contributed by atoms with Gasteiger partial charge in [-0.1, -0.05) is 24.3 Å². The van der Waals surface area contributed by atoms with E-state index >= 15 is 0 Å². The molecule has 1 aromatic carbocycles. The second kappa shape index (κ2) is 9.84. The maximum Gasteiger partial charge on any atom is 0.241 e. The van der Waals surface area contributed by atoms with Crippen molar-refractivity contribution < 1.29 is 4.79 Å². The summed E-state index contributed by atoms with van der Waals surface area (Å²) in [6.07, 6.45) is 0. The van der Waals surface area contributed by atoms with E-state index in [1.165, 1.54) is 11.1 Å². The van der Waals surface area contributed by atoms with E-state index in [0.29, 0.717) is 12.5 Å². The molecule has 0 saturated heterocycles. The Bertz CT molecular complexity index is 525. The summed E-state index contributed by atoms with van der Waals surface area (Å²) in [7, 11) is 7.59. The van der Waals surface area contributed by atoms with E-state index in [4.69, 9.17) is 0 Å². The van der Waals surface area contributed by atoms with Crippen molar-refractivity contribution >= 4 is 11.9 Å². The summed E-state index contributed by atoms with van der Waals surface area (Å²) in [4.78, 5) is 20.0. The van der Waals surface area contributed by atoms with Crippen LogP contribution in [-0.2, 0) is 17.9 Å². The van der Waals surface area contributed by atoms with Crippen molar-refractivity contribution in [1.29, 1.82) is 0 Å². The SMILES string of the molecule is CCNC(=NCc1ccccc1CN(C)C)NCC(=O)N(C)C. The molecule has 0 radical (unpaired) electrons. The summed E-state index contributed by atoms with van der Waals surface area (Å²) in [5.74, 6) is 0.672. The maximum absolute atomic E-state index is 11.7. The summed E-state index contributed by atoms with van der Waals surface area (Å²) >= 11 is 0. The third kappa shape index (κ3) is 7.15. The van der Waals surface area contributed by atoms with Crippen molar-refractivity contribution in [3.63, 3.8) is 0 Å². The molecule has 0 aromatic heterocycles. The molecule has 23 heavy (non-hydrogen) atoms. The van der Waals surface area contributed by atoms with Gasteiger partial charge in [-0.15, -0.1) is 0 Å². The average molecular weight is 319 g/mol. The highest BCUT2D eigenvalue weighted by Crippen LogP contribution is 2.11. The molecule has 0 spiro atoms. The fourth-order valence-electron chi connectivity index (χ4n) is 2.03. The number of aliphatic imine (C=N–C) groups is 1. The molecule has 2 N–H and O–H groups in total. The van der Waals surface area contributed by atoms with Gasteiger partial charge in [0.2, 0.25) is 5.91 Å². The van der Waals surface area contributed by atoms with Gasteiger partial charge in [-0.3, -0.25) is 4.79 Å². The van der Waals surface area contributed by atoms with E-state index in [9.17, 15) is 4.79 Å². The van der Waals surface area contributed by atoms with Crippen LogP contribution >= 0.6 is 0 Å². The van der Waals surface area contributed by atoms with Gasteiger partial charge in [0.25, 0.3) is 0 Å². The van der Waals surface area contributed by atoms with Crippen LogP contribution in [0.2, 0.25) is 0 Å². The molecule has 0 saturated carbocycles. The zero-order valence-corrected chi connectivity index (χ0v) is 14.9. The Labute approximate surface area is 139 Å². The number of amides is 1. The van der Waals surface area contributed by atoms with Crippen LogP contribution in [0.1, 0.15) is 18.1 Å². The lowest BCUT2D eigenvalue weighted by molar-refractivity contribution is -0.127. The van der Waals surface area contributed by atoms with Gasteiger partial charge >= 0.3 is 0 Å². The smallest absolute Gasteiger partial charge is 0.241 e. The first-order valence-corrected chi connectivity index (χ1v) is 7.87. The van der Waals surface area contributed by atoms with Gasteiger partial charge in [-0.2, -0.15) is 0 Å². The first-order valence-electron chi connectivity index (χ1n) is 7.87. The summed E-state index contributed by atoms with van der Waals surface area (Å²) in [5.41, 5.74) is 2.46. The largest absolute Gasteiger partial charge is 0.357 e. The topological polar surface area (TPSA) is 60.0 Å². The highest BCUT2D eigenvalue weighted by molar-refractivity contribution is 5.86. The number of likely N-dealkylation sites (N-methyl/N-ethyl adjacent to an activating group) is 1. The molecule has 0 unspecified atom stereocenters. The zero-order chi connectivity index (χ0) is 17.2. The van der Waals surface area contributed by atoms with Crippen molar-refractivity contribution in [1.82, 2.24) is 20.4 Å². The van der Waals surface area contributed by atoms with Crippen molar-refractivity contribution in [3.05, 3.63) is 35.4 Å². The van der Waals surface area contributed by atoms with Crippen LogP contribution in [0.5, 0.6) is 0 Å². The Morgan fingerprint density at radius 2 is 1.74 bits per heavy atom. The van der Waals surface area contributed by atoms with Crippen LogP contribution in [-0.4, -0.2) is 62.9 Å². The van der Waals surface area contributed by atoms with E-state index in [0.717, 1.165) is 13.1 Å². The van der Waals surface area contributed by atoms with E-state index < -0.39 is 0 Å². The van der Waals surface area contributed by atoms with Crippen LogP contribution < -0.4 is 10.6 Å². The van der Waals surface area contributed by atoms with E-state index in [2.05, 4.69) is 46.8 Å². The maximum atomic E-state index is 11.7. The Morgan fingerprint density at radius 1 is 1.09 bits per heavy atom. The van der Waals surface area contributed by atoms with E-state index in [1.807, 2.05) is 19.1 Å². The lowest BCUT2D eigenvalue weighted by Crippen LogP contribution is -2.42. The molecule has 0 aliphatic carbocycles. The van der Waals surface area contributed by atoms with Crippen LogP contribution in [0.15, 0.2) is 29.3 Å². The molecule has 0 heterocycles. The van der Waals surface area contributed by atoms with Gasteiger partial charge in [0, 0.05) is 27.2 Å². The quantitative estimate of drug-likeness (QED) is 0.579. The molecule has 0 aliphatic rings. The number of nitrogens with one attached hydrogen (secondary N) is 2. The fourth-order valence-corrected chi connectivity index (χ4v) is 2.03. The molecular weight excluding hydrogens is 290 g/mol. The third-order valence-electron chi connectivity index (χ3n) is 3.26. The molecule has 1 aromatic rings. The minimum Gasteiger partial charge on any atom is -0.357 e. The molecule has 0 fully saturated rings. The molecule has 0 bridgehead atoms. The average Bonchev–Trinajstić information content (AvgIpc) is 2.50. The third-order valence-corrected chi connectivity index (χ3v) is 3.26. The number of carbonyl (C=O) groups is 1. The Kier molecular flexibility index (Phi) is 8.11. The second-order valence-corrected chi connectivity index (χ2v) is 5.84. The highest BCUT2D eigenvalue weighted by atomic mass is 16.2. The summed E-state index contributed by atoms with van der Waals surface area (Å²) < 4.78 is 0. The number of carbonyl (C=O) groups excluding carboxylic acids is 1. The Balaban J connectivity index is 2.75. The summed E-state index contributed by atoms with van der Waals surface area (Å²) in [6.45, 7) is 4.45. The van der Waals surface area contributed by atoms with Crippen molar-refractivity contribution in [2.75, 3.05) is 41.3 Å². The van der Waals surface area contributed by atoms with Gasteiger partial charge in [-0.05, 0) is 32.1 Å². The molecule has 1 rings (SSSR count). The normalized spacial score (nSPS) is 11.5. The molecule has 6 heteroatoms. The molecule has 1 amide bonds. The predicted octanol–water partition coefficient (Wildman–Crippen LogP) is 0.892. The number of guanidine groups is 1. The highest BCUT2D eigenvalue weighted by Gasteiger charge is 2.06. The number of benzene rings is 1. The van der Waals surface area contributed by atoms with Crippen LogP contribution in [0.3, 0.4) is 0 Å². The summed E-state index contributed by atoms with van der Waals surface area (Å²) in [5, 5.41) is 6.23. The predicted molar refractivity (Wildman–Crippen MR) is 95.3 cm³/mol. The Morgan fingerprint density at radius 3 is 2.30 bits per heavy atom. The van der Waals surface area contributed by atoms with Crippen molar-refractivity contribution in [2.45, 2.75) is 20.0 Å². The van der Waals surface area contributed by atoms with Gasteiger partial charge in [0.1, 0.15) is 0 Å². The first kappa shape index (κ1) is 19.0. The minimum absolute atomic E-state index is 0.0172. The van der Waals surface area contributed by atoms with Gasteiger partial charge < -0.3 is 20.4 Å². The summed E-state index contributed by atoms with van der Waals surface area (Å²) in [6, 6.07) is 8.29. The van der Waals surface area contributed by atoms with Crippen molar-refractivity contribution in [2.24, 2.45) is 4.99 Å². The number of hydrogen-bond acceptors (Lipinski definition) is 3. The van der Waals surface area contributed by atoms with Gasteiger partial charge in [0.05, 0.1) is 13.1 Å². The number of nitrogens with zero attached hydrogens (tertiary/aromatic N) is 3. The van der Waals surface area contributed by atoms with E-state index in [1.54, 1.807) is 19.0 Å². The first-order chi connectivity index (χ1) is 10.9. The van der Waals surface area contributed by atoms with Gasteiger partial charge in [-0.25, -0.2) is 4.99 Å². The van der Waals surface area contributed by atoms with Gasteiger partial charge in [0.15, 0.2) is 5.96 Å². The van der Waals surface area contributed by atoms with Crippen LogP contribution in [0.4, 0.5) is 0 Å². The van der Waals surface area contributed by atoms with Crippen molar-refractivity contribution in [3.8, 4) is 0 Å². The molecule has 6 nitrogen and oxygen atoms in total. The lowest BCUT2D eigenvalue weighted by atomic mass is 10.1. The number of rotatable bonds is 7. The van der Waals surface area contributed by atoms with Crippen LogP contribution in [0, 0.1) is 0 Å². The molecular formula is C17H29N5O. The fraction of sp³-hybridized carbons (Fsp3) is 0.529.